The Bertz CT molecular complexity index is 2550. The summed E-state index contributed by atoms with van der Waals surface area (Å²) in [5.41, 5.74) is 11.7. The lowest BCUT2D eigenvalue weighted by molar-refractivity contribution is 0.607. The van der Waals surface area contributed by atoms with Crippen LogP contribution in [0.5, 0.6) is 0 Å². The molecule has 402 valence electrons. The Morgan fingerprint density at radius 1 is 0.263 bits per heavy atom. The van der Waals surface area contributed by atoms with Gasteiger partial charge in [0.05, 0.1) is 24.8 Å². The summed E-state index contributed by atoms with van der Waals surface area (Å²) in [5, 5.41) is 19.3. The molecule has 6 aromatic heterocycles. The molecule has 0 unspecified atom stereocenters. The topological polar surface area (TPSA) is 97.1 Å². The van der Waals surface area contributed by atoms with E-state index in [9.17, 15) is 0 Å². The predicted octanol–water partition coefficient (Wildman–Crippen LogP) is 17.8. The number of benzene rings is 2. The van der Waals surface area contributed by atoms with Crippen molar-refractivity contribution in [2.24, 2.45) is 0 Å². The lowest BCUT2D eigenvalue weighted by Crippen LogP contribution is -2.05. The average Bonchev–Trinajstić information content (AvgIpc) is 4.32. The third-order valence-corrected chi connectivity index (χ3v) is 15.1. The lowest BCUT2D eigenvalue weighted by Gasteiger charge is -2.12. The Hall–Kier alpha value is -6.42. The zero-order valence-corrected chi connectivity index (χ0v) is 46.8. The summed E-state index contributed by atoms with van der Waals surface area (Å²) in [6, 6.07) is 26.5. The molecular formula is C66H88N10. The monoisotopic (exact) mass is 1020 g/mol. The zero-order valence-electron chi connectivity index (χ0n) is 46.8. The highest BCUT2D eigenvalue weighted by Crippen LogP contribution is 2.31. The number of aromatic nitrogens is 10. The Kier molecular flexibility index (Phi) is 22.3. The molecule has 2 aromatic carbocycles. The molecule has 0 fully saturated rings. The van der Waals surface area contributed by atoms with E-state index in [0.29, 0.717) is 0 Å². The van der Waals surface area contributed by atoms with Gasteiger partial charge in [-0.3, -0.25) is 0 Å². The van der Waals surface area contributed by atoms with Crippen molar-refractivity contribution in [2.75, 3.05) is 0 Å². The average molecular weight is 1020 g/mol. The highest BCUT2D eigenvalue weighted by atomic mass is 15.3. The van der Waals surface area contributed by atoms with E-state index in [1.165, 1.54) is 176 Å². The van der Waals surface area contributed by atoms with Gasteiger partial charge in [0.1, 0.15) is 0 Å². The first kappa shape index (κ1) is 55.8. The first-order chi connectivity index (χ1) is 37.5. The third-order valence-electron chi connectivity index (χ3n) is 15.1. The number of hydrogen-bond donors (Lipinski definition) is 0. The Morgan fingerprint density at radius 2 is 0.474 bits per heavy atom. The van der Waals surface area contributed by atoms with Gasteiger partial charge in [-0.1, -0.05) is 205 Å². The minimum Gasteiger partial charge on any atom is -0.222 e. The smallest absolute Gasteiger partial charge is 0.156 e. The van der Waals surface area contributed by atoms with Crippen molar-refractivity contribution < 1.29 is 0 Å². The van der Waals surface area contributed by atoms with Crippen LogP contribution in [0.4, 0.5) is 0 Å². The van der Waals surface area contributed by atoms with Crippen LogP contribution in [0.1, 0.15) is 204 Å². The van der Waals surface area contributed by atoms with Gasteiger partial charge in [0.15, 0.2) is 23.3 Å². The number of nitrogens with zero attached hydrogens (tertiary/aromatic N) is 10. The number of rotatable bonds is 35. The molecule has 0 atom stereocenters. The molecule has 0 saturated heterocycles. The van der Waals surface area contributed by atoms with Crippen LogP contribution in [0.15, 0.2) is 122 Å². The van der Waals surface area contributed by atoms with Crippen molar-refractivity contribution in [1.29, 1.82) is 0 Å². The minimum absolute atomic E-state index is 0.791. The van der Waals surface area contributed by atoms with Gasteiger partial charge in [-0.05, 0) is 131 Å². The largest absolute Gasteiger partial charge is 0.222 e. The normalized spacial score (nSPS) is 11.6. The molecular weight excluding hydrogens is 933 g/mol. The summed E-state index contributed by atoms with van der Waals surface area (Å²) in [6.45, 7) is 9.10. The maximum atomic E-state index is 5.16. The van der Waals surface area contributed by atoms with E-state index in [2.05, 4.69) is 125 Å². The van der Waals surface area contributed by atoms with Crippen LogP contribution in [0.3, 0.4) is 0 Å². The summed E-state index contributed by atoms with van der Waals surface area (Å²) in [7, 11) is 0. The van der Waals surface area contributed by atoms with Crippen LogP contribution in [0.25, 0.3) is 56.7 Å². The maximum absolute atomic E-state index is 5.16. The van der Waals surface area contributed by atoms with E-state index >= 15 is 0 Å². The first-order valence-corrected chi connectivity index (χ1v) is 29.9. The molecule has 0 saturated carbocycles. The molecule has 0 spiro atoms. The van der Waals surface area contributed by atoms with Crippen LogP contribution in [-0.4, -0.2) is 49.1 Å². The minimum atomic E-state index is 0.791. The number of pyridine rings is 2. The number of hydrogen-bond acceptors (Lipinski definition) is 6. The van der Waals surface area contributed by atoms with Crippen molar-refractivity contribution in [3.63, 3.8) is 0 Å². The van der Waals surface area contributed by atoms with E-state index in [-0.39, 0.29) is 0 Å². The Labute approximate surface area is 455 Å². The molecule has 10 nitrogen and oxygen atoms in total. The molecule has 0 bridgehead atoms. The molecule has 0 aliphatic carbocycles. The molecule has 8 aromatic rings. The summed E-state index contributed by atoms with van der Waals surface area (Å²) < 4.78 is 7.77. The number of unbranched alkanes of at least 4 members (excludes halogenated alkanes) is 20. The quantitative estimate of drug-likeness (QED) is 0.0367. The molecule has 10 heteroatoms. The zero-order chi connectivity index (χ0) is 52.6. The summed E-state index contributed by atoms with van der Waals surface area (Å²) in [6.07, 6.45) is 51.5. The number of aryl methyl sites for hydroxylation is 4. The van der Waals surface area contributed by atoms with Crippen molar-refractivity contribution in [1.82, 2.24) is 49.1 Å². The molecule has 6 heterocycles. The Morgan fingerprint density at radius 3 is 0.711 bits per heavy atom. The summed E-state index contributed by atoms with van der Waals surface area (Å²) in [4.78, 5) is 10.3. The van der Waals surface area contributed by atoms with Crippen LogP contribution >= 0.6 is 0 Å². The van der Waals surface area contributed by atoms with Crippen molar-refractivity contribution in [2.45, 2.75) is 207 Å². The molecule has 8 rings (SSSR count). The molecule has 0 N–H and O–H groups in total. The van der Waals surface area contributed by atoms with Crippen LogP contribution in [0.2, 0.25) is 0 Å². The van der Waals surface area contributed by atoms with Gasteiger partial charge in [0.25, 0.3) is 0 Å². The SMILES string of the molecule is CCCCCCCCc1cnn(-c2cc(-c3ccc(-c4ccc(-c5cc(-n6cc(CCCCCCCC)cn6)nc(-n6cc(CCCCCCCC)cn6)c5)cc4)cc3)cc(-n3cc(CCCCCCCC)cn3)n2)c1. The van der Waals surface area contributed by atoms with Crippen LogP contribution < -0.4 is 0 Å². The van der Waals surface area contributed by atoms with Crippen molar-refractivity contribution in [3.05, 3.63) is 145 Å². The highest BCUT2D eigenvalue weighted by molar-refractivity contribution is 5.75. The fraction of sp³-hybridized carbons (Fsp3) is 0.485. The second-order valence-corrected chi connectivity index (χ2v) is 21.5. The predicted molar refractivity (Wildman–Crippen MR) is 315 cm³/mol. The van der Waals surface area contributed by atoms with E-state index in [1.807, 2.05) is 43.5 Å². The molecule has 0 radical (unpaired) electrons. The van der Waals surface area contributed by atoms with E-state index in [0.717, 1.165) is 82.3 Å². The van der Waals surface area contributed by atoms with Gasteiger partial charge >= 0.3 is 0 Å². The first-order valence-electron chi connectivity index (χ1n) is 29.9. The van der Waals surface area contributed by atoms with E-state index in [4.69, 9.17) is 30.4 Å². The van der Waals surface area contributed by atoms with Crippen LogP contribution in [-0.2, 0) is 25.7 Å². The summed E-state index contributed by atoms with van der Waals surface area (Å²) in [5.74, 6) is 3.16. The molecule has 0 amide bonds. The highest BCUT2D eigenvalue weighted by Gasteiger charge is 2.15. The van der Waals surface area contributed by atoms with E-state index < -0.39 is 0 Å². The van der Waals surface area contributed by atoms with Gasteiger partial charge in [-0.25, -0.2) is 28.7 Å². The van der Waals surface area contributed by atoms with Gasteiger partial charge in [0, 0.05) is 24.8 Å². The van der Waals surface area contributed by atoms with Gasteiger partial charge in [0.2, 0.25) is 0 Å². The molecule has 0 aliphatic rings. The van der Waals surface area contributed by atoms with Gasteiger partial charge in [-0.15, -0.1) is 0 Å². The van der Waals surface area contributed by atoms with Gasteiger partial charge in [-0.2, -0.15) is 20.4 Å². The lowest BCUT2D eigenvalue weighted by atomic mass is 9.98. The molecule has 76 heavy (non-hydrogen) atoms. The second kappa shape index (κ2) is 30.4. The van der Waals surface area contributed by atoms with Crippen LogP contribution in [0, 0.1) is 0 Å². The Balaban J connectivity index is 1.01. The van der Waals surface area contributed by atoms with Crippen molar-refractivity contribution >= 4 is 0 Å². The standard InChI is InChI=1S/C66H88N10/c1-5-9-13-17-21-25-29-53-45-67-73(49-53)63-41-61(42-64(71-63)74-50-54(46-68-74)30-26-22-18-14-10-6-2)59-37-33-57(34-38-59)58-35-39-60(40-36-58)62-43-65(75-51-55(47-69-75)31-27-23-19-15-11-7-3)72-66(44-62)76-52-56(48-70-76)32-28-24-20-16-12-8-4/h33-52H,5-32H2,1-4H3. The third kappa shape index (κ3) is 16.8. The fourth-order valence-electron chi connectivity index (χ4n) is 10.4. The molecule has 0 aliphatic heterocycles. The van der Waals surface area contributed by atoms with Gasteiger partial charge < -0.3 is 0 Å². The summed E-state index contributed by atoms with van der Waals surface area (Å²) >= 11 is 0. The van der Waals surface area contributed by atoms with Crippen molar-refractivity contribution in [3.8, 4) is 56.7 Å². The maximum Gasteiger partial charge on any atom is 0.156 e. The fourth-order valence-corrected chi connectivity index (χ4v) is 10.4. The van der Waals surface area contributed by atoms with E-state index in [1.54, 1.807) is 0 Å². The second-order valence-electron chi connectivity index (χ2n) is 21.5.